The van der Waals surface area contributed by atoms with E-state index in [9.17, 15) is 4.79 Å². The van der Waals surface area contributed by atoms with E-state index < -0.39 is 0 Å². The van der Waals surface area contributed by atoms with E-state index in [1.54, 1.807) is 12.5 Å². The molecule has 1 saturated heterocycles. The number of piperazine rings is 1. The van der Waals surface area contributed by atoms with Gasteiger partial charge in [-0.1, -0.05) is 0 Å². The Labute approximate surface area is 180 Å². The van der Waals surface area contributed by atoms with Crippen molar-refractivity contribution in [2.45, 2.75) is 25.7 Å². The lowest BCUT2D eigenvalue weighted by atomic mass is 9.96. The largest absolute Gasteiger partial charge is 0.369 e. The van der Waals surface area contributed by atoms with Gasteiger partial charge in [-0.05, 0) is 49.9 Å². The minimum atomic E-state index is -0.276. The van der Waals surface area contributed by atoms with Crippen LogP contribution in [0.25, 0.3) is 0 Å². The Morgan fingerprint density at radius 2 is 1.84 bits per heavy atom. The molecule has 3 heterocycles. The molecule has 0 atom stereocenters. The number of carbonyl (C=O) groups excluding carboxylic acids is 1. The van der Waals surface area contributed by atoms with Crippen LogP contribution in [0.2, 0.25) is 0 Å². The first kappa shape index (κ1) is 19.5. The summed E-state index contributed by atoms with van der Waals surface area (Å²) in [4.78, 5) is 24.0. The first-order valence-electron chi connectivity index (χ1n) is 10.8. The molecule has 1 aliphatic heterocycles. The Balaban J connectivity index is 1.29. The van der Waals surface area contributed by atoms with Gasteiger partial charge in [0, 0.05) is 55.0 Å². The fourth-order valence-electron chi connectivity index (χ4n) is 4.18. The number of anilines is 4. The van der Waals surface area contributed by atoms with Gasteiger partial charge in [0.15, 0.2) is 5.69 Å². The molecule has 2 aromatic heterocycles. The minimum absolute atomic E-state index is 0.276. The van der Waals surface area contributed by atoms with Gasteiger partial charge in [0.1, 0.15) is 12.1 Å². The van der Waals surface area contributed by atoms with Gasteiger partial charge in [-0.2, -0.15) is 5.10 Å². The van der Waals surface area contributed by atoms with E-state index in [-0.39, 0.29) is 5.91 Å². The number of aromatic nitrogens is 4. The van der Waals surface area contributed by atoms with Gasteiger partial charge in [-0.25, -0.2) is 9.97 Å². The van der Waals surface area contributed by atoms with E-state index in [4.69, 9.17) is 0 Å². The molecule has 3 aromatic rings. The highest BCUT2D eigenvalue weighted by molar-refractivity contribution is 6.06. The van der Waals surface area contributed by atoms with Crippen molar-refractivity contribution in [3.8, 4) is 0 Å². The van der Waals surface area contributed by atoms with Crippen molar-refractivity contribution in [2.24, 2.45) is 0 Å². The van der Waals surface area contributed by atoms with Gasteiger partial charge < -0.3 is 20.9 Å². The summed E-state index contributed by atoms with van der Waals surface area (Å²) in [7, 11) is 0. The Hall–Kier alpha value is -3.46. The quantitative estimate of drug-likeness (QED) is 0.504. The number of H-pyrrole nitrogens is 1. The fourth-order valence-corrected chi connectivity index (χ4v) is 4.18. The van der Waals surface area contributed by atoms with E-state index in [1.807, 2.05) is 24.3 Å². The molecule has 0 unspecified atom stereocenters. The number of carbonyl (C=O) groups is 1. The molecule has 9 nitrogen and oxygen atoms in total. The number of fused-ring (bicyclic) bond motifs is 1. The molecular weight excluding hydrogens is 392 g/mol. The molecule has 0 spiro atoms. The topological polar surface area (TPSA) is 111 Å². The van der Waals surface area contributed by atoms with Crippen molar-refractivity contribution in [3.63, 3.8) is 0 Å². The standard InChI is InChI=1S/C22H26N8O/c31-22(27-15-5-7-16(8-6-15)30-11-9-23-10-12-30)20-19(13-26-29-20)28-21-17-3-1-2-4-18(17)24-14-25-21/h5-8,13-14,23H,1-4,9-12H2,(H,26,29)(H,27,31)(H,24,25,28). The van der Waals surface area contributed by atoms with E-state index in [0.717, 1.165) is 80.3 Å². The lowest BCUT2D eigenvalue weighted by Gasteiger charge is -2.29. The van der Waals surface area contributed by atoms with Crippen LogP contribution in [-0.2, 0) is 12.8 Å². The van der Waals surface area contributed by atoms with Gasteiger partial charge in [0.25, 0.3) is 5.91 Å². The maximum atomic E-state index is 12.9. The second-order valence-corrected chi connectivity index (χ2v) is 7.87. The number of benzene rings is 1. The molecule has 1 fully saturated rings. The van der Waals surface area contributed by atoms with Gasteiger partial charge in [0.2, 0.25) is 0 Å². The van der Waals surface area contributed by atoms with Crippen molar-refractivity contribution in [3.05, 3.63) is 53.7 Å². The molecule has 31 heavy (non-hydrogen) atoms. The second kappa shape index (κ2) is 8.73. The number of amides is 1. The van der Waals surface area contributed by atoms with Gasteiger partial charge >= 0.3 is 0 Å². The molecule has 4 N–H and O–H groups in total. The smallest absolute Gasteiger partial charge is 0.278 e. The molecule has 2 aliphatic rings. The molecule has 0 bridgehead atoms. The normalized spacial score (nSPS) is 15.9. The predicted molar refractivity (Wildman–Crippen MR) is 120 cm³/mol. The van der Waals surface area contributed by atoms with Crippen LogP contribution in [0, 0.1) is 0 Å². The molecule has 1 aromatic carbocycles. The third-order valence-corrected chi connectivity index (χ3v) is 5.84. The number of hydrogen-bond acceptors (Lipinski definition) is 7. The summed E-state index contributed by atoms with van der Waals surface area (Å²) in [5.74, 6) is 0.474. The highest BCUT2D eigenvalue weighted by atomic mass is 16.2. The lowest BCUT2D eigenvalue weighted by molar-refractivity contribution is 0.102. The average molecular weight is 419 g/mol. The third-order valence-electron chi connectivity index (χ3n) is 5.84. The van der Waals surface area contributed by atoms with E-state index >= 15 is 0 Å². The van der Waals surface area contributed by atoms with Gasteiger partial charge in [-0.15, -0.1) is 0 Å². The predicted octanol–water partition coefficient (Wildman–Crippen LogP) is 2.48. The summed E-state index contributed by atoms with van der Waals surface area (Å²) in [6.45, 7) is 3.95. The fraction of sp³-hybridized carbons (Fsp3) is 0.364. The van der Waals surface area contributed by atoms with E-state index in [1.165, 1.54) is 0 Å². The molecular formula is C22H26N8O. The molecule has 160 valence electrons. The second-order valence-electron chi connectivity index (χ2n) is 7.87. The molecule has 9 heteroatoms. The highest BCUT2D eigenvalue weighted by Gasteiger charge is 2.20. The maximum Gasteiger partial charge on any atom is 0.278 e. The third kappa shape index (κ3) is 4.22. The molecule has 0 saturated carbocycles. The van der Waals surface area contributed by atoms with Gasteiger partial charge in [-0.3, -0.25) is 9.89 Å². The summed E-state index contributed by atoms with van der Waals surface area (Å²) in [5.41, 5.74) is 5.01. The van der Waals surface area contributed by atoms with Crippen LogP contribution in [0.4, 0.5) is 22.9 Å². The van der Waals surface area contributed by atoms with Crippen molar-refractivity contribution < 1.29 is 4.79 Å². The highest BCUT2D eigenvalue weighted by Crippen LogP contribution is 2.28. The Morgan fingerprint density at radius 1 is 1.03 bits per heavy atom. The van der Waals surface area contributed by atoms with Crippen LogP contribution in [0.3, 0.4) is 0 Å². The number of aryl methyl sites for hydroxylation is 1. The Bertz CT molecular complexity index is 1060. The molecule has 5 rings (SSSR count). The zero-order valence-electron chi connectivity index (χ0n) is 17.3. The first-order valence-corrected chi connectivity index (χ1v) is 10.8. The summed E-state index contributed by atoms with van der Waals surface area (Å²) >= 11 is 0. The van der Waals surface area contributed by atoms with Crippen molar-refractivity contribution >= 4 is 28.8 Å². The number of aromatic amines is 1. The van der Waals surface area contributed by atoms with Crippen molar-refractivity contribution in [1.29, 1.82) is 0 Å². The summed E-state index contributed by atoms with van der Waals surface area (Å²) in [6, 6.07) is 7.93. The summed E-state index contributed by atoms with van der Waals surface area (Å²) < 4.78 is 0. The lowest BCUT2D eigenvalue weighted by Crippen LogP contribution is -2.43. The van der Waals surface area contributed by atoms with E-state index in [0.29, 0.717) is 11.4 Å². The number of rotatable bonds is 5. The van der Waals surface area contributed by atoms with Crippen LogP contribution in [0.5, 0.6) is 0 Å². The SMILES string of the molecule is O=C(Nc1ccc(N2CCNCC2)cc1)c1n[nH]cc1Nc1ncnc2c1CCCC2. The van der Waals surface area contributed by atoms with Crippen LogP contribution in [-0.4, -0.2) is 52.3 Å². The summed E-state index contributed by atoms with van der Waals surface area (Å²) in [6.07, 6.45) is 7.44. The zero-order valence-corrected chi connectivity index (χ0v) is 17.3. The summed E-state index contributed by atoms with van der Waals surface area (Å²) in [5, 5.41) is 16.5. The zero-order chi connectivity index (χ0) is 21.0. The maximum absolute atomic E-state index is 12.9. The van der Waals surface area contributed by atoms with Crippen LogP contribution < -0.4 is 20.9 Å². The number of nitrogens with zero attached hydrogens (tertiary/aromatic N) is 4. The van der Waals surface area contributed by atoms with Crippen LogP contribution in [0.1, 0.15) is 34.6 Å². The minimum Gasteiger partial charge on any atom is -0.369 e. The Morgan fingerprint density at radius 3 is 2.68 bits per heavy atom. The molecule has 1 aliphatic carbocycles. The molecule has 0 radical (unpaired) electrons. The first-order chi connectivity index (χ1) is 15.3. The van der Waals surface area contributed by atoms with Gasteiger partial charge in [0.05, 0.1) is 5.69 Å². The van der Waals surface area contributed by atoms with Crippen LogP contribution in [0.15, 0.2) is 36.8 Å². The van der Waals surface area contributed by atoms with Crippen LogP contribution >= 0.6 is 0 Å². The number of hydrogen-bond donors (Lipinski definition) is 4. The molecule has 1 amide bonds. The van der Waals surface area contributed by atoms with Crippen molar-refractivity contribution in [1.82, 2.24) is 25.5 Å². The average Bonchev–Trinajstić information content (AvgIpc) is 3.29. The monoisotopic (exact) mass is 418 g/mol. The Kier molecular flexibility index (Phi) is 5.49. The van der Waals surface area contributed by atoms with E-state index in [2.05, 4.69) is 41.0 Å². The van der Waals surface area contributed by atoms with Crippen molar-refractivity contribution in [2.75, 3.05) is 41.7 Å². The number of nitrogens with one attached hydrogen (secondary N) is 4.